The summed E-state index contributed by atoms with van der Waals surface area (Å²) in [4.78, 5) is 28.5. The van der Waals surface area contributed by atoms with E-state index in [1.165, 1.54) is 6.07 Å². The number of benzene rings is 2. The molecule has 2 heterocycles. The minimum absolute atomic E-state index is 0.00841. The molecule has 2 aromatic rings. The lowest BCUT2D eigenvalue weighted by molar-refractivity contribution is -0.120. The summed E-state index contributed by atoms with van der Waals surface area (Å²) in [5.41, 5.74) is 3.29. The third-order valence-electron chi connectivity index (χ3n) is 5.63. The number of rotatable bonds is 4. The normalized spacial score (nSPS) is 18.9. The predicted octanol–water partition coefficient (Wildman–Crippen LogP) is 3.34. The molecule has 2 aliphatic heterocycles. The van der Waals surface area contributed by atoms with Gasteiger partial charge >= 0.3 is 0 Å². The lowest BCUT2D eigenvalue weighted by atomic mass is 10.1. The van der Waals surface area contributed by atoms with Crippen LogP contribution in [-0.4, -0.2) is 35.8 Å². The fraction of sp³-hybridized carbons (Fsp3) is 0.364. The number of hydrogen-bond donors (Lipinski definition) is 1. The summed E-state index contributed by atoms with van der Waals surface area (Å²) in [5, 5.41) is 2.99. The molecule has 146 valence electrons. The first-order chi connectivity index (χ1) is 13.5. The standard InChI is InChI=1S/C22H24FN3O2/c1-15(27)26-12-10-16-8-9-18(13-21(16)26)24-22(28)20-7-4-11-25(20)14-17-5-2-3-6-19(17)23/h2-3,5-6,8-9,13,20H,4,7,10-12,14H2,1H3,(H,24,28). The molecule has 0 aromatic heterocycles. The SMILES string of the molecule is CC(=O)N1CCc2ccc(NC(=O)C3CCCN3Cc3ccccc3F)cc21. The maximum Gasteiger partial charge on any atom is 0.241 e. The number of nitrogens with one attached hydrogen (secondary N) is 1. The van der Waals surface area contributed by atoms with Gasteiger partial charge in [-0.3, -0.25) is 14.5 Å². The Kier molecular flexibility index (Phi) is 5.13. The van der Waals surface area contributed by atoms with Crippen LogP contribution in [0, 0.1) is 5.82 Å². The van der Waals surface area contributed by atoms with Crippen LogP contribution in [0.3, 0.4) is 0 Å². The van der Waals surface area contributed by atoms with Gasteiger partial charge in [0.05, 0.1) is 6.04 Å². The third kappa shape index (κ3) is 3.64. The van der Waals surface area contributed by atoms with Crippen molar-refractivity contribution in [3.63, 3.8) is 0 Å². The van der Waals surface area contributed by atoms with E-state index in [0.717, 1.165) is 37.1 Å². The summed E-state index contributed by atoms with van der Waals surface area (Å²) in [6.45, 7) is 3.43. The van der Waals surface area contributed by atoms with Gasteiger partial charge in [-0.05, 0) is 49.6 Å². The number of amides is 2. The Bertz CT molecular complexity index is 914. The Balaban J connectivity index is 1.47. The van der Waals surface area contributed by atoms with Crippen LogP contribution in [0.4, 0.5) is 15.8 Å². The lowest BCUT2D eigenvalue weighted by Crippen LogP contribution is -2.39. The van der Waals surface area contributed by atoms with E-state index in [1.807, 2.05) is 29.2 Å². The third-order valence-corrected chi connectivity index (χ3v) is 5.63. The summed E-state index contributed by atoms with van der Waals surface area (Å²) in [6, 6.07) is 12.1. The van der Waals surface area contributed by atoms with E-state index in [2.05, 4.69) is 5.32 Å². The first kappa shape index (κ1) is 18.6. The highest BCUT2D eigenvalue weighted by Gasteiger charge is 2.31. The van der Waals surface area contributed by atoms with Crippen molar-refractivity contribution in [2.45, 2.75) is 38.8 Å². The number of carbonyl (C=O) groups excluding carboxylic acids is 2. The van der Waals surface area contributed by atoms with Crippen LogP contribution in [0.1, 0.15) is 30.9 Å². The van der Waals surface area contributed by atoms with Crippen molar-refractivity contribution in [2.24, 2.45) is 0 Å². The number of likely N-dealkylation sites (tertiary alicyclic amines) is 1. The summed E-state index contributed by atoms with van der Waals surface area (Å²) in [6.07, 6.45) is 2.50. The zero-order chi connectivity index (χ0) is 19.7. The zero-order valence-electron chi connectivity index (χ0n) is 16.0. The first-order valence-corrected chi connectivity index (χ1v) is 9.72. The molecule has 6 heteroatoms. The van der Waals surface area contributed by atoms with Crippen LogP contribution < -0.4 is 10.2 Å². The number of nitrogens with zero attached hydrogens (tertiary/aromatic N) is 2. The monoisotopic (exact) mass is 381 g/mol. The molecule has 1 atom stereocenters. The van der Waals surface area contributed by atoms with Crippen molar-refractivity contribution in [3.05, 3.63) is 59.4 Å². The second kappa shape index (κ2) is 7.72. The minimum Gasteiger partial charge on any atom is -0.325 e. The van der Waals surface area contributed by atoms with Gasteiger partial charge in [-0.1, -0.05) is 24.3 Å². The maximum atomic E-state index is 14.0. The number of anilines is 2. The zero-order valence-corrected chi connectivity index (χ0v) is 16.0. The Morgan fingerprint density at radius 3 is 2.79 bits per heavy atom. The molecule has 5 nitrogen and oxygen atoms in total. The summed E-state index contributed by atoms with van der Waals surface area (Å²) >= 11 is 0. The van der Waals surface area contributed by atoms with Crippen molar-refractivity contribution >= 4 is 23.2 Å². The highest BCUT2D eigenvalue weighted by atomic mass is 19.1. The molecule has 4 rings (SSSR count). The Morgan fingerprint density at radius 2 is 2.00 bits per heavy atom. The molecule has 28 heavy (non-hydrogen) atoms. The van der Waals surface area contributed by atoms with Crippen molar-refractivity contribution in [1.82, 2.24) is 4.90 Å². The Labute approximate surface area is 164 Å². The highest BCUT2D eigenvalue weighted by Crippen LogP contribution is 2.31. The molecule has 0 saturated carbocycles. The van der Waals surface area contributed by atoms with E-state index in [-0.39, 0.29) is 23.7 Å². The number of halogens is 1. The summed E-state index contributed by atoms with van der Waals surface area (Å²) < 4.78 is 14.0. The molecule has 1 saturated heterocycles. The smallest absolute Gasteiger partial charge is 0.241 e. The maximum absolute atomic E-state index is 14.0. The highest BCUT2D eigenvalue weighted by molar-refractivity contribution is 5.98. The van der Waals surface area contributed by atoms with Crippen LogP contribution in [-0.2, 0) is 22.6 Å². The van der Waals surface area contributed by atoms with Crippen molar-refractivity contribution < 1.29 is 14.0 Å². The molecule has 1 unspecified atom stereocenters. The molecule has 2 amide bonds. The van der Waals surface area contributed by atoms with Gasteiger partial charge in [0.15, 0.2) is 0 Å². The van der Waals surface area contributed by atoms with E-state index >= 15 is 0 Å². The van der Waals surface area contributed by atoms with Gasteiger partial charge in [-0.25, -0.2) is 4.39 Å². The van der Waals surface area contributed by atoms with Crippen LogP contribution in [0.15, 0.2) is 42.5 Å². The van der Waals surface area contributed by atoms with Gasteiger partial charge in [0.25, 0.3) is 0 Å². The largest absolute Gasteiger partial charge is 0.325 e. The average molecular weight is 381 g/mol. The molecule has 0 aliphatic carbocycles. The van der Waals surface area contributed by atoms with Crippen LogP contribution in [0.25, 0.3) is 0 Å². The molecule has 0 radical (unpaired) electrons. The molecule has 0 bridgehead atoms. The van der Waals surface area contributed by atoms with Crippen molar-refractivity contribution in [2.75, 3.05) is 23.3 Å². The Hall–Kier alpha value is -2.73. The molecular formula is C22H24FN3O2. The van der Waals surface area contributed by atoms with E-state index in [9.17, 15) is 14.0 Å². The Morgan fingerprint density at radius 1 is 1.18 bits per heavy atom. The average Bonchev–Trinajstić information content (AvgIpc) is 3.30. The molecule has 1 N–H and O–H groups in total. The first-order valence-electron chi connectivity index (χ1n) is 9.72. The van der Waals surface area contributed by atoms with Gasteiger partial charge in [0.1, 0.15) is 5.82 Å². The van der Waals surface area contributed by atoms with Gasteiger partial charge in [-0.15, -0.1) is 0 Å². The van der Waals surface area contributed by atoms with Crippen LogP contribution in [0.5, 0.6) is 0 Å². The van der Waals surface area contributed by atoms with Crippen LogP contribution in [0.2, 0.25) is 0 Å². The van der Waals surface area contributed by atoms with Crippen molar-refractivity contribution in [3.8, 4) is 0 Å². The summed E-state index contributed by atoms with van der Waals surface area (Å²) in [7, 11) is 0. The van der Waals surface area contributed by atoms with Gasteiger partial charge in [-0.2, -0.15) is 0 Å². The quantitative estimate of drug-likeness (QED) is 0.884. The predicted molar refractivity (Wildman–Crippen MR) is 107 cm³/mol. The number of carbonyl (C=O) groups is 2. The fourth-order valence-corrected chi connectivity index (χ4v) is 4.17. The van der Waals surface area contributed by atoms with Gasteiger partial charge < -0.3 is 10.2 Å². The van der Waals surface area contributed by atoms with E-state index < -0.39 is 0 Å². The molecule has 0 spiro atoms. The molecule has 1 fully saturated rings. The molecular weight excluding hydrogens is 357 g/mol. The lowest BCUT2D eigenvalue weighted by Gasteiger charge is -2.24. The second-order valence-corrected chi connectivity index (χ2v) is 7.47. The van der Waals surface area contributed by atoms with Gasteiger partial charge in [0.2, 0.25) is 11.8 Å². The molecule has 2 aromatic carbocycles. The van der Waals surface area contributed by atoms with Gasteiger partial charge in [0, 0.05) is 37.0 Å². The van der Waals surface area contributed by atoms with E-state index in [1.54, 1.807) is 24.0 Å². The number of fused-ring (bicyclic) bond motifs is 1. The molecule has 2 aliphatic rings. The van der Waals surface area contributed by atoms with Crippen LogP contribution >= 0.6 is 0 Å². The number of hydrogen-bond acceptors (Lipinski definition) is 3. The summed E-state index contributed by atoms with van der Waals surface area (Å²) in [5.74, 6) is -0.313. The van der Waals surface area contributed by atoms with E-state index in [0.29, 0.717) is 24.3 Å². The van der Waals surface area contributed by atoms with E-state index in [4.69, 9.17) is 0 Å². The topological polar surface area (TPSA) is 52.7 Å². The second-order valence-electron chi connectivity index (χ2n) is 7.47. The van der Waals surface area contributed by atoms with Crippen molar-refractivity contribution in [1.29, 1.82) is 0 Å². The minimum atomic E-state index is -0.281. The fourth-order valence-electron chi connectivity index (χ4n) is 4.17.